The lowest BCUT2D eigenvalue weighted by Crippen LogP contribution is -2.20. The number of para-hydroxylation sites is 1. The van der Waals surface area contributed by atoms with Crippen molar-refractivity contribution in [2.24, 2.45) is 0 Å². The lowest BCUT2D eigenvalue weighted by atomic mass is 10.3. The van der Waals surface area contributed by atoms with Crippen molar-refractivity contribution in [3.8, 4) is 11.5 Å². The number of carbonyl (C=O) groups is 1. The molecule has 4 heteroatoms. The quantitative estimate of drug-likeness (QED) is 0.752. The van der Waals surface area contributed by atoms with Crippen LogP contribution in [0.2, 0.25) is 0 Å². The van der Waals surface area contributed by atoms with Gasteiger partial charge < -0.3 is 14.8 Å². The summed E-state index contributed by atoms with van der Waals surface area (Å²) in [5, 5.41) is 2.79. The van der Waals surface area contributed by atoms with Crippen molar-refractivity contribution in [2.45, 2.75) is 19.8 Å². The Labute approximate surface area is 131 Å². The number of rotatable bonds is 8. The summed E-state index contributed by atoms with van der Waals surface area (Å²) in [4.78, 5) is 11.8. The van der Waals surface area contributed by atoms with E-state index in [1.54, 1.807) is 0 Å². The van der Waals surface area contributed by atoms with E-state index in [0.29, 0.717) is 12.4 Å². The summed E-state index contributed by atoms with van der Waals surface area (Å²) in [6, 6.07) is 16.6. The Hall–Kier alpha value is -2.49. The second-order valence-electron chi connectivity index (χ2n) is 4.88. The molecular weight excluding hydrogens is 278 g/mol. The Bertz CT molecular complexity index is 567. The highest BCUT2D eigenvalue weighted by Gasteiger charge is 2.04. The summed E-state index contributed by atoms with van der Waals surface area (Å²) in [5.41, 5.74) is 0.726. The van der Waals surface area contributed by atoms with Crippen LogP contribution in [0.25, 0.3) is 0 Å². The van der Waals surface area contributed by atoms with Gasteiger partial charge in [0, 0.05) is 5.69 Å². The molecule has 0 aliphatic heterocycles. The SMILES string of the molecule is CCCCOc1ccc(NC(=O)COc2ccccc2)cc1. The summed E-state index contributed by atoms with van der Waals surface area (Å²) in [5.74, 6) is 1.30. The monoisotopic (exact) mass is 299 g/mol. The van der Waals surface area contributed by atoms with Crippen LogP contribution in [0, 0.1) is 0 Å². The Morgan fingerprint density at radius 2 is 1.64 bits per heavy atom. The van der Waals surface area contributed by atoms with Crippen LogP contribution < -0.4 is 14.8 Å². The van der Waals surface area contributed by atoms with Crippen LogP contribution in [0.4, 0.5) is 5.69 Å². The smallest absolute Gasteiger partial charge is 0.262 e. The van der Waals surface area contributed by atoms with Gasteiger partial charge >= 0.3 is 0 Å². The zero-order valence-electron chi connectivity index (χ0n) is 12.7. The van der Waals surface area contributed by atoms with E-state index in [9.17, 15) is 4.79 Å². The standard InChI is InChI=1S/C18H21NO3/c1-2-3-13-21-17-11-9-15(10-12-17)19-18(20)14-22-16-7-5-4-6-8-16/h4-12H,2-3,13-14H2,1H3,(H,19,20). The number of carbonyl (C=O) groups excluding carboxylic acids is 1. The molecule has 0 unspecified atom stereocenters. The molecule has 0 radical (unpaired) electrons. The third-order valence-corrected chi connectivity index (χ3v) is 3.02. The van der Waals surface area contributed by atoms with Gasteiger partial charge in [0.25, 0.3) is 5.91 Å². The van der Waals surface area contributed by atoms with Crippen molar-refractivity contribution in [1.29, 1.82) is 0 Å². The van der Waals surface area contributed by atoms with Crippen LogP contribution in [-0.4, -0.2) is 19.1 Å². The maximum atomic E-state index is 11.8. The highest BCUT2D eigenvalue weighted by atomic mass is 16.5. The third kappa shape index (κ3) is 5.48. The first-order valence-corrected chi connectivity index (χ1v) is 7.48. The van der Waals surface area contributed by atoms with Crippen LogP contribution in [0.3, 0.4) is 0 Å². The Morgan fingerprint density at radius 3 is 2.32 bits per heavy atom. The zero-order valence-corrected chi connectivity index (χ0v) is 12.7. The van der Waals surface area contributed by atoms with Crippen LogP contribution in [0.1, 0.15) is 19.8 Å². The van der Waals surface area contributed by atoms with Gasteiger partial charge in [-0.3, -0.25) is 4.79 Å². The van der Waals surface area contributed by atoms with Crippen molar-refractivity contribution in [1.82, 2.24) is 0 Å². The van der Waals surface area contributed by atoms with E-state index >= 15 is 0 Å². The maximum absolute atomic E-state index is 11.8. The summed E-state index contributed by atoms with van der Waals surface area (Å²) >= 11 is 0. The molecule has 0 bridgehead atoms. The van der Waals surface area contributed by atoms with Crippen molar-refractivity contribution >= 4 is 11.6 Å². The van der Waals surface area contributed by atoms with Gasteiger partial charge in [0.2, 0.25) is 0 Å². The fourth-order valence-electron chi connectivity index (χ4n) is 1.83. The third-order valence-electron chi connectivity index (χ3n) is 3.02. The molecule has 0 atom stereocenters. The number of hydrogen-bond donors (Lipinski definition) is 1. The topological polar surface area (TPSA) is 47.6 Å². The molecule has 0 aromatic heterocycles. The first kappa shape index (κ1) is 15.9. The normalized spacial score (nSPS) is 10.0. The summed E-state index contributed by atoms with van der Waals surface area (Å²) in [7, 11) is 0. The van der Waals surface area contributed by atoms with Crippen molar-refractivity contribution in [3.05, 3.63) is 54.6 Å². The minimum absolute atomic E-state index is 0.0151. The molecule has 0 fully saturated rings. The van der Waals surface area contributed by atoms with Gasteiger partial charge in [-0.1, -0.05) is 31.5 Å². The van der Waals surface area contributed by atoms with Gasteiger partial charge in [0.05, 0.1) is 6.61 Å². The molecule has 0 heterocycles. The molecule has 0 aliphatic rings. The number of benzene rings is 2. The first-order valence-electron chi connectivity index (χ1n) is 7.48. The van der Waals surface area contributed by atoms with Crippen molar-refractivity contribution in [2.75, 3.05) is 18.5 Å². The average Bonchev–Trinajstić information content (AvgIpc) is 2.56. The highest BCUT2D eigenvalue weighted by molar-refractivity contribution is 5.91. The largest absolute Gasteiger partial charge is 0.494 e. The van der Waals surface area contributed by atoms with Crippen LogP contribution in [0.15, 0.2) is 54.6 Å². The van der Waals surface area contributed by atoms with E-state index in [4.69, 9.17) is 9.47 Å². The van der Waals surface area contributed by atoms with E-state index in [-0.39, 0.29) is 12.5 Å². The minimum atomic E-state index is -0.191. The maximum Gasteiger partial charge on any atom is 0.262 e. The summed E-state index contributed by atoms with van der Waals surface area (Å²) in [6.07, 6.45) is 2.14. The van der Waals surface area contributed by atoms with E-state index in [1.807, 2.05) is 54.6 Å². The molecule has 0 spiro atoms. The van der Waals surface area contributed by atoms with Gasteiger partial charge in [-0.15, -0.1) is 0 Å². The Kier molecular flexibility index (Phi) is 6.30. The number of hydrogen-bond acceptors (Lipinski definition) is 3. The van der Waals surface area contributed by atoms with Gasteiger partial charge in [-0.2, -0.15) is 0 Å². The second-order valence-corrected chi connectivity index (χ2v) is 4.88. The average molecular weight is 299 g/mol. The lowest BCUT2D eigenvalue weighted by Gasteiger charge is -2.09. The molecule has 116 valence electrons. The molecule has 4 nitrogen and oxygen atoms in total. The Balaban J connectivity index is 1.76. The van der Waals surface area contributed by atoms with E-state index < -0.39 is 0 Å². The van der Waals surface area contributed by atoms with Gasteiger partial charge in [0.1, 0.15) is 11.5 Å². The van der Waals surface area contributed by atoms with Crippen LogP contribution in [0.5, 0.6) is 11.5 Å². The summed E-state index contributed by atoms with van der Waals surface area (Å²) < 4.78 is 11.0. The fourth-order valence-corrected chi connectivity index (χ4v) is 1.83. The number of unbranched alkanes of at least 4 members (excludes halogenated alkanes) is 1. The molecule has 1 amide bonds. The van der Waals surface area contributed by atoms with Gasteiger partial charge in [-0.05, 0) is 42.8 Å². The van der Waals surface area contributed by atoms with Gasteiger partial charge in [-0.25, -0.2) is 0 Å². The predicted octanol–water partition coefficient (Wildman–Crippen LogP) is 3.88. The second kappa shape index (κ2) is 8.72. The van der Waals surface area contributed by atoms with Crippen LogP contribution in [-0.2, 0) is 4.79 Å². The predicted molar refractivity (Wildman–Crippen MR) is 87.4 cm³/mol. The lowest BCUT2D eigenvalue weighted by molar-refractivity contribution is -0.118. The molecule has 0 aliphatic carbocycles. The van der Waals surface area contributed by atoms with E-state index in [2.05, 4.69) is 12.2 Å². The molecule has 0 saturated carbocycles. The number of amides is 1. The number of anilines is 1. The fraction of sp³-hybridized carbons (Fsp3) is 0.278. The molecule has 2 rings (SSSR count). The molecule has 0 saturated heterocycles. The van der Waals surface area contributed by atoms with Crippen molar-refractivity contribution in [3.63, 3.8) is 0 Å². The molecule has 22 heavy (non-hydrogen) atoms. The zero-order chi connectivity index (χ0) is 15.6. The summed E-state index contributed by atoms with van der Waals surface area (Å²) in [6.45, 7) is 2.82. The molecule has 2 aromatic rings. The molecule has 1 N–H and O–H groups in total. The van der Waals surface area contributed by atoms with E-state index in [0.717, 1.165) is 24.3 Å². The van der Waals surface area contributed by atoms with Gasteiger partial charge in [0.15, 0.2) is 6.61 Å². The van der Waals surface area contributed by atoms with Crippen LogP contribution >= 0.6 is 0 Å². The minimum Gasteiger partial charge on any atom is -0.494 e. The number of nitrogens with one attached hydrogen (secondary N) is 1. The number of ether oxygens (including phenoxy) is 2. The van der Waals surface area contributed by atoms with E-state index in [1.165, 1.54) is 0 Å². The van der Waals surface area contributed by atoms with Crippen molar-refractivity contribution < 1.29 is 14.3 Å². The molecular formula is C18H21NO3. The first-order chi connectivity index (χ1) is 10.8. The molecule has 2 aromatic carbocycles. The Morgan fingerprint density at radius 1 is 0.955 bits per heavy atom. The highest BCUT2D eigenvalue weighted by Crippen LogP contribution is 2.16.